The van der Waals surface area contributed by atoms with Gasteiger partial charge in [-0.3, -0.25) is 0 Å². The van der Waals surface area contributed by atoms with E-state index in [9.17, 15) is 0 Å². The van der Waals surface area contributed by atoms with Crippen molar-refractivity contribution >= 4 is 0 Å². The summed E-state index contributed by atoms with van der Waals surface area (Å²) in [5.74, 6) is 1.26. The van der Waals surface area contributed by atoms with Crippen LogP contribution in [0, 0.1) is 11.8 Å². The Morgan fingerprint density at radius 3 is 1.89 bits per heavy atom. The van der Waals surface area contributed by atoms with Crippen molar-refractivity contribution in [1.82, 2.24) is 5.32 Å². The van der Waals surface area contributed by atoms with Crippen molar-refractivity contribution in [2.24, 2.45) is 11.8 Å². The predicted molar refractivity (Wildman–Crippen MR) is 42.2 cm³/mol. The minimum atomic E-state index is 0.579. The van der Waals surface area contributed by atoms with Gasteiger partial charge in [-0.15, -0.1) is 0 Å². The highest BCUT2D eigenvalue weighted by Crippen LogP contribution is 2.14. The molecule has 0 aliphatic carbocycles. The van der Waals surface area contributed by atoms with E-state index in [1.165, 1.54) is 0 Å². The summed E-state index contributed by atoms with van der Waals surface area (Å²) in [6, 6.07) is 0. The molecule has 0 saturated heterocycles. The van der Waals surface area contributed by atoms with Gasteiger partial charge < -0.3 is 5.32 Å². The lowest BCUT2D eigenvalue weighted by Crippen LogP contribution is -2.16. The highest BCUT2D eigenvalue weighted by Gasteiger charge is 2.08. The lowest BCUT2D eigenvalue weighted by molar-refractivity contribution is 0.462. The second-order valence-corrected chi connectivity index (χ2v) is 2.81. The Labute approximate surface area is 58.2 Å². The van der Waals surface area contributed by atoms with E-state index < -0.39 is 0 Å². The Bertz CT molecular complexity index is 94.7. The van der Waals surface area contributed by atoms with E-state index in [0.717, 1.165) is 5.70 Å². The fraction of sp³-hybridized carbons (Fsp3) is 0.750. The number of hydrogen-bond donors (Lipinski definition) is 1. The largest absolute Gasteiger partial charge is 0.392 e. The zero-order valence-electron chi connectivity index (χ0n) is 6.86. The van der Waals surface area contributed by atoms with Crippen molar-refractivity contribution in [1.29, 1.82) is 0 Å². The van der Waals surface area contributed by atoms with Gasteiger partial charge in [0.15, 0.2) is 0 Å². The van der Waals surface area contributed by atoms with E-state index in [1.54, 1.807) is 0 Å². The predicted octanol–water partition coefficient (Wildman–Crippen LogP) is 2.01. The molecule has 0 rings (SSSR count). The van der Waals surface area contributed by atoms with Crippen LogP contribution in [0.1, 0.15) is 20.8 Å². The van der Waals surface area contributed by atoms with Crippen molar-refractivity contribution in [2.75, 3.05) is 7.05 Å². The third-order valence-corrected chi connectivity index (χ3v) is 1.87. The normalized spacial score (nSPS) is 13.4. The summed E-state index contributed by atoms with van der Waals surface area (Å²) in [5.41, 5.74) is 1.13. The Morgan fingerprint density at radius 2 is 1.78 bits per heavy atom. The molecule has 1 heteroatoms. The van der Waals surface area contributed by atoms with E-state index in [-0.39, 0.29) is 0 Å². The van der Waals surface area contributed by atoms with E-state index in [4.69, 9.17) is 0 Å². The van der Waals surface area contributed by atoms with Crippen LogP contribution in [0.25, 0.3) is 0 Å². The average molecular weight is 127 g/mol. The first-order valence-electron chi connectivity index (χ1n) is 3.46. The molecular weight excluding hydrogens is 110 g/mol. The minimum Gasteiger partial charge on any atom is -0.392 e. The van der Waals surface area contributed by atoms with Gasteiger partial charge in [0.25, 0.3) is 0 Å². The summed E-state index contributed by atoms with van der Waals surface area (Å²) in [4.78, 5) is 0. The van der Waals surface area contributed by atoms with Gasteiger partial charge in [0.1, 0.15) is 0 Å². The smallest absolute Gasteiger partial charge is 0.00623 e. The number of hydrogen-bond acceptors (Lipinski definition) is 1. The van der Waals surface area contributed by atoms with Gasteiger partial charge in [-0.1, -0.05) is 27.4 Å². The van der Waals surface area contributed by atoms with Gasteiger partial charge in [0.2, 0.25) is 0 Å². The zero-order chi connectivity index (χ0) is 7.44. The summed E-state index contributed by atoms with van der Waals surface area (Å²) >= 11 is 0. The molecule has 1 N–H and O–H groups in total. The minimum absolute atomic E-state index is 0.579. The number of rotatable bonds is 3. The van der Waals surface area contributed by atoms with Crippen LogP contribution in [-0.4, -0.2) is 7.05 Å². The van der Waals surface area contributed by atoms with Gasteiger partial charge in [0.05, 0.1) is 0 Å². The maximum atomic E-state index is 3.88. The van der Waals surface area contributed by atoms with Crippen LogP contribution < -0.4 is 5.32 Å². The first-order chi connectivity index (χ1) is 4.09. The van der Waals surface area contributed by atoms with Crippen molar-refractivity contribution in [3.63, 3.8) is 0 Å². The zero-order valence-corrected chi connectivity index (χ0v) is 6.86. The summed E-state index contributed by atoms with van der Waals surface area (Å²) in [6.07, 6.45) is 0. The molecule has 0 radical (unpaired) electrons. The molecule has 0 heterocycles. The van der Waals surface area contributed by atoms with Crippen LogP contribution in [0.3, 0.4) is 0 Å². The lowest BCUT2D eigenvalue weighted by Gasteiger charge is -2.17. The molecule has 0 aliphatic rings. The van der Waals surface area contributed by atoms with Crippen LogP contribution in [0.5, 0.6) is 0 Å². The Kier molecular flexibility index (Phi) is 3.36. The molecule has 0 aromatic rings. The molecule has 0 saturated carbocycles. The van der Waals surface area contributed by atoms with Gasteiger partial charge in [-0.2, -0.15) is 0 Å². The molecule has 0 unspecified atom stereocenters. The average Bonchev–Trinajstić information content (AvgIpc) is 1.84. The fourth-order valence-corrected chi connectivity index (χ4v) is 0.630. The van der Waals surface area contributed by atoms with Crippen molar-refractivity contribution in [3.05, 3.63) is 12.3 Å². The first-order valence-corrected chi connectivity index (χ1v) is 3.46. The molecule has 1 atom stereocenters. The second-order valence-electron chi connectivity index (χ2n) is 2.81. The molecule has 9 heavy (non-hydrogen) atoms. The van der Waals surface area contributed by atoms with Gasteiger partial charge in [-0.05, 0) is 11.8 Å². The third kappa shape index (κ3) is 2.54. The van der Waals surface area contributed by atoms with Crippen LogP contribution >= 0.6 is 0 Å². The second kappa shape index (κ2) is 3.54. The first kappa shape index (κ1) is 8.54. The molecule has 0 amide bonds. The van der Waals surface area contributed by atoms with E-state index in [0.29, 0.717) is 11.8 Å². The molecule has 0 spiro atoms. The SMILES string of the molecule is C=C(NC)[C@@H](C)C(C)C. The van der Waals surface area contributed by atoms with E-state index in [2.05, 4.69) is 32.7 Å². The molecule has 0 aromatic carbocycles. The molecular formula is C8H17N. The van der Waals surface area contributed by atoms with Gasteiger partial charge >= 0.3 is 0 Å². The van der Waals surface area contributed by atoms with Crippen molar-refractivity contribution in [2.45, 2.75) is 20.8 Å². The Hall–Kier alpha value is -0.460. The summed E-state index contributed by atoms with van der Waals surface area (Å²) in [5, 5.41) is 3.05. The Morgan fingerprint density at radius 1 is 1.33 bits per heavy atom. The third-order valence-electron chi connectivity index (χ3n) is 1.87. The summed E-state index contributed by atoms with van der Waals surface area (Å²) in [6.45, 7) is 10.5. The van der Waals surface area contributed by atoms with E-state index >= 15 is 0 Å². The maximum absolute atomic E-state index is 3.88. The lowest BCUT2D eigenvalue weighted by atomic mass is 9.95. The molecule has 0 aliphatic heterocycles. The standard InChI is InChI=1S/C8H17N/c1-6(2)7(3)8(4)9-5/h6-7,9H,4H2,1-3,5H3/t7-/m0/s1. The Balaban J connectivity index is 3.72. The maximum Gasteiger partial charge on any atom is 0.00623 e. The number of allylic oxidation sites excluding steroid dienone is 1. The summed E-state index contributed by atoms with van der Waals surface area (Å²) in [7, 11) is 1.92. The van der Waals surface area contributed by atoms with Gasteiger partial charge in [-0.25, -0.2) is 0 Å². The highest BCUT2D eigenvalue weighted by atomic mass is 14.8. The molecule has 1 nitrogen and oxygen atoms in total. The van der Waals surface area contributed by atoms with Crippen molar-refractivity contribution in [3.8, 4) is 0 Å². The summed E-state index contributed by atoms with van der Waals surface area (Å²) < 4.78 is 0. The van der Waals surface area contributed by atoms with Crippen molar-refractivity contribution < 1.29 is 0 Å². The van der Waals surface area contributed by atoms with Crippen LogP contribution in [-0.2, 0) is 0 Å². The highest BCUT2D eigenvalue weighted by molar-refractivity contribution is 4.95. The molecule has 54 valence electrons. The van der Waals surface area contributed by atoms with Crippen LogP contribution in [0.2, 0.25) is 0 Å². The number of nitrogens with one attached hydrogen (secondary N) is 1. The van der Waals surface area contributed by atoms with Crippen LogP contribution in [0.15, 0.2) is 12.3 Å². The van der Waals surface area contributed by atoms with Crippen LogP contribution in [0.4, 0.5) is 0 Å². The molecule has 0 aromatic heterocycles. The molecule has 0 fully saturated rings. The topological polar surface area (TPSA) is 12.0 Å². The monoisotopic (exact) mass is 127 g/mol. The van der Waals surface area contributed by atoms with E-state index in [1.807, 2.05) is 7.05 Å². The quantitative estimate of drug-likeness (QED) is 0.611. The molecule has 0 bridgehead atoms. The fourth-order valence-electron chi connectivity index (χ4n) is 0.630. The van der Waals surface area contributed by atoms with Gasteiger partial charge in [0, 0.05) is 12.7 Å².